The van der Waals surface area contributed by atoms with Crippen LogP contribution in [0.4, 0.5) is 24.7 Å². The third-order valence-electron chi connectivity index (χ3n) is 6.72. The number of nitriles is 1. The van der Waals surface area contributed by atoms with E-state index in [1.54, 1.807) is 10.7 Å². The molecule has 5 rings (SSSR count). The Labute approximate surface area is 204 Å². The molecule has 1 aromatic carbocycles. The number of H-pyrrole nitrogens is 1. The maximum Gasteiger partial charge on any atom is 0.405 e. The molecule has 0 bridgehead atoms. The molecule has 190 valence electrons. The second-order valence-corrected chi connectivity index (χ2v) is 11.0. The fourth-order valence-corrected chi connectivity index (χ4v) is 6.48. The Kier molecular flexibility index (Phi) is 6.04. The summed E-state index contributed by atoms with van der Waals surface area (Å²) in [6.45, 7) is -0.191. The number of alkyl halides is 3. The summed E-state index contributed by atoms with van der Waals surface area (Å²) in [6.07, 6.45) is -1.06. The van der Waals surface area contributed by atoms with Crippen molar-refractivity contribution in [2.75, 3.05) is 11.9 Å². The minimum absolute atomic E-state index is 0.140. The van der Waals surface area contributed by atoms with Gasteiger partial charge in [0.25, 0.3) is 5.56 Å². The lowest BCUT2D eigenvalue weighted by molar-refractivity contribution is -0.165. The van der Waals surface area contributed by atoms with Gasteiger partial charge in [0, 0.05) is 18.4 Å². The second kappa shape index (κ2) is 8.94. The lowest BCUT2D eigenvalue weighted by atomic mass is 10.1. The van der Waals surface area contributed by atoms with Crippen molar-refractivity contribution >= 4 is 32.4 Å². The Balaban J connectivity index is 1.45. The number of hydrogen-bond acceptors (Lipinski definition) is 6. The molecule has 1 unspecified atom stereocenters. The first-order chi connectivity index (χ1) is 17.1. The molecule has 1 aliphatic heterocycles. The average Bonchev–Trinajstić information content (AvgIpc) is 3.40. The number of sulfonamides is 1. The zero-order chi connectivity index (χ0) is 25.7. The first-order valence-corrected chi connectivity index (χ1v) is 13.0. The molecular weight excluding hydrogens is 497 g/mol. The van der Waals surface area contributed by atoms with Crippen LogP contribution in [0, 0.1) is 17.2 Å². The number of aromatic nitrogens is 3. The zero-order valence-electron chi connectivity index (χ0n) is 19.0. The van der Waals surface area contributed by atoms with Gasteiger partial charge in [0.2, 0.25) is 10.0 Å². The van der Waals surface area contributed by atoms with E-state index in [2.05, 4.69) is 21.5 Å². The minimum atomic E-state index is -4.64. The summed E-state index contributed by atoms with van der Waals surface area (Å²) >= 11 is 0. The summed E-state index contributed by atoms with van der Waals surface area (Å²) in [6, 6.07) is 6.99. The highest BCUT2D eigenvalue weighted by atomic mass is 32.2. The molecule has 9 nitrogen and oxygen atoms in total. The summed E-state index contributed by atoms with van der Waals surface area (Å²) < 4.78 is 68.0. The van der Waals surface area contributed by atoms with Crippen LogP contribution < -0.4 is 10.9 Å². The SMILES string of the molecule is N#CCC(C1CC1)n1nc(Nc2ccc(S(=O)(=O)N3CCC[C@H]3C(F)(F)F)cc2)c2c(=O)[nH]ccc21. The van der Waals surface area contributed by atoms with Gasteiger partial charge in [-0.1, -0.05) is 0 Å². The van der Waals surface area contributed by atoms with Crippen molar-refractivity contribution in [1.82, 2.24) is 19.1 Å². The number of anilines is 2. The summed E-state index contributed by atoms with van der Waals surface area (Å²) in [4.78, 5) is 15.0. The topological polar surface area (TPSA) is 124 Å². The van der Waals surface area contributed by atoms with Gasteiger partial charge < -0.3 is 10.3 Å². The van der Waals surface area contributed by atoms with Crippen LogP contribution >= 0.6 is 0 Å². The monoisotopic (exact) mass is 520 g/mol. The van der Waals surface area contributed by atoms with Crippen LogP contribution in [-0.2, 0) is 10.0 Å². The number of aromatic amines is 1. The van der Waals surface area contributed by atoms with Crippen LogP contribution in [0.3, 0.4) is 0 Å². The lowest BCUT2D eigenvalue weighted by Gasteiger charge is -2.25. The zero-order valence-corrected chi connectivity index (χ0v) is 19.8. The van der Waals surface area contributed by atoms with E-state index < -0.39 is 22.2 Å². The third kappa shape index (κ3) is 4.35. The molecule has 3 aromatic rings. The van der Waals surface area contributed by atoms with Gasteiger partial charge in [-0.2, -0.15) is 27.8 Å². The predicted molar refractivity (Wildman–Crippen MR) is 125 cm³/mol. The fraction of sp³-hybridized carbons (Fsp3) is 0.435. The van der Waals surface area contributed by atoms with E-state index in [1.807, 2.05) is 0 Å². The molecule has 0 spiro atoms. The molecule has 2 atom stereocenters. The Bertz CT molecular complexity index is 1490. The molecule has 1 aliphatic carbocycles. The Morgan fingerprint density at radius 3 is 2.56 bits per heavy atom. The van der Waals surface area contributed by atoms with E-state index in [0.29, 0.717) is 26.8 Å². The molecule has 13 heteroatoms. The van der Waals surface area contributed by atoms with E-state index >= 15 is 0 Å². The van der Waals surface area contributed by atoms with E-state index in [9.17, 15) is 31.6 Å². The van der Waals surface area contributed by atoms with Crippen molar-refractivity contribution in [3.05, 3.63) is 46.9 Å². The Hall–Kier alpha value is -3.37. The van der Waals surface area contributed by atoms with Crippen LogP contribution in [0.25, 0.3) is 10.9 Å². The quantitative estimate of drug-likeness (QED) is 0.485. The molecule has 2 N–H and O–H groups in total. The summed E-state index contributed by atoms with van der Waals surface area (Å²) in [5.74, 6) is 0.540. The number of hydrogen-bond donors (Lipinski definition) is 2. The maximum atomic E-state index is 13.3. The molecular formula is C23H23F3N6O3S. The van der Waals surface area contributed by atoms with Gasteiger partial charge in [-0.3, -0.25) is 9.48 Å². The van der Waals surface area contributed by atoms with E-state index in [0.717, 1.165) is 12.8 Å². The largest absolute Gasteiger partial charge is 0.405 e. The van der Waals surface area contributed by atoms with Crippen LogP contribution in [-0.4, -0.2) is 46.3 Å². The number of pyridine rings is 1. The number of nitrogens with zero attached hydrogens (tertiary/aromatic N) is 4. The first-order valence-electron chi connectivity index (χ1n) is 11.5. The molecule has 1 saturated carbocycles. The average molecular weight is 521 g/mol. The van der Waals surface area contributed by atoms with Gasteiger partial charge in [0.1, 0.15) is 11.4 Å². The molecule has 36 heavy (non-hydrogen) atoms. The number of rotatable bonds is 7. The fourth-order valence-electron chi connectivity index (χ4n) is 4.80. The van der Waals surface area contributed by atoms with Crippen LogP contribution in [0.2, 0.25) is 0 Å². The minimum Gasteiger partial charge on any atom is -0.338 e. The standard InChI is InChI=1S/C23H23F3N6O3S/c24-23(25,26)19-2-1-13-31(19)36(34,35)16-7-5-15(6-8-16)29-21-20-18(10-12-28-22(20)33)32(30-21)17(9-11-27)14-3-4-14/h5-8,10,12,14,17,19H,1-4,9,13H2,(H,28,33)(H,29,30)/t17?,19-/m0/s1. The summed E-state index contributed by atoms with van der Waals surface area (Å²) in [7, 11) is -4.34. The Morgan fingerprint density at radius 1 is 1.19 bits per heavy atom. The summed E-state index contributed by atoms with van der Waals surface area (Å²) in [5, 5.41) is 17.2. The highest BCUT2D eigenvalue weighted by Crippen LogP contribution is 2.43. The number of fused-ring (bicyclic) bond motifs is 1. The van der Waals surface area contributed by atoms with Gasteiger partial charge in [-0.25, -0.2) is 8.42 Å². The highest BCUT2D eigenvalue weighted by Gasteiger charge is 2.50. The van der Waals surface area contributed by atoms with Crippen molar-refractivity contribution in [1.29, 1.82) is 5.26 Å². The van der Waals surface area contributed by atoms with E-state index in [1.165, 1.54) is 30.5 Å². The van der Waals surface area contributed by atoms with Crippen LogP contribution in [0.15, 0.2) is 46.2 Å². The molecule has 0 amide bonds. The second-order valence-electron chi connectivity index (χ2n) is 9.09. The van der Waals surface area contributed by atoms with Crippen molar-refractivity contribution in [3.8, 4) is 6.07 Å². The van der Waals surface area contributed by atoms with Crippen LogP contribution in [0.5, 0.6) is 0 Å². The first kappa shape index (κ1) is 24.3. The van der Waals surface area contributed by atoms with Crippen molar-refractivity contribution in [2.45, 2.75) is 55.3 Å². The van der Waals surface area contributed by atoms with Crippen molar-refractivity contribution in [3.63, 3.8) is 0 Å². The highest BCUT2D eigenvalue weighted by molar-refractivity contribution is 7.89. The maximum absolute atomic E-state index is 13.3. The molecule has 2 aromatic heterocycles. The predicted octanol–water partition coefficient (Wildman–Crippen LogP) is 4.05. The van der Waals surface area contributed by atoms with E-state index in [4.69, 9.17) is 0 Å². The summed E-state index contributed by atoms with van der Waals surface area (Å²) in [5.41, 5.74) is 0.597. The number of halogens is 3. The van der Waals surface area contributed by atoms with Crippen molar-refractivity contribution < 1.29 is 21.6 Å². The van der Waals surface area contributed by atoms with E-state index in [-0.39, 0.29) is 48.1 Å². The number of nitrogens with one attached hydrogen (secondary N) is 2. The van der Waals surface area contributed by atoms with Gasteiger partial charge in [-0.15, -0.1) is 0 Å². The number of benzene rings is 1. The molecule has 2 aliphatic rings. The third-order valence-corrected chi connectivity index (χ3v) is 8.64. The van der Waals surface area contributed by atoms with Gasteiger partial charge in [-0.05, 0) is 61.9 Å². The normalized spacial score (nSPS) is 19.9. The molecule has 0 radical (unpaired) electrons. The van der Waals surface area contributed by atoms with Gasteiger partial charge in [0.05, 0.1) is 28.9 Å². The van der Waals surface area contributed by atoms with Crippen molar-refractivity contribution in [2.24, 2.45) is 5.92 Å². The van der Waals surface area contributed by atoms with Gasteiger partial charge >= 0.3 is 6.18 Å². The Morgan fingerprint density at radius 2 is 1.92 bits per heavy atom. The van der Waals surface area contributed by atoms with Gasteiger partial charge in [0.15, 0.2) is 5.82 Å². The molecule has 3 heterocycles. The lowest BCUT2D eigenvalue weighted by Crippen LogP contribution is -2.44. The van der Waals surface area contributed by atoms with Crippen LogP contribution in [0.1, 0.15) is 38.1 Å². The smallest absolute Gasteiger partial charge is 0.338 e. The molecule has 1 saturated heterocycles. The molecule has 2 fully saturated rings.